The molecule has 8 atom stereocenters. The van der Waals surface area contributed by atoms with Crippen LogP contribution in [-0.2, 0) is 54.3 Å². The van der Waals surface area contributed by atoms with E-state index < -0.39 is 144 Å². The Hall–Kier alpha value is -5.94. The monoisotopic (exact) mass is 1360 g/mol. The van der Waals surface area contributed by atoms with Crippen molar-refractivity contribution in [3.05, 3.63) is 36.0 Å². The number of amides is 6. The smallest absolute Gasteiger partial charge is 0.444 e. The summed E-state index contributed by atoms with van der Waals surface area (Å²) >= 11 is -2.85. The molecule has 0 aliphatic carbocycles. The molecule has 6 amide bonds. The number of alkyl carbamates (subject to hydrolysis) is 1. The maximum atomic E-state index is 14.2. The maximum absolute atomic E-state index is 14.2. The molecule has 1 aromatic heterocycles. The van der Waals surface area contributed by atoms with Gasteiger partial charge in [0.15, 0.2) is 0 Å². The number of nitrogens with zero attached hydrogens (tertiary/aromatic N) is 1. The number of aliphatic imine (C=N–C) groups is 1. The van der Waals surface area contributed by atoms with Crippen LogP contribution in [0.15, 0.2) is 35.5 Å². The van der Waals surface area contributed by atoms with Crippen LogP contribution in [-0.4, -0.2) is 162 Å². The molecule has 0 unspecified atom stereocenters. The summed E-state index contributed by atoms with van der Waals surface area (Å²) in [6.45, 7) is 24.2. The molecule has 0 aliphatic heterocycles. The van der Waals surface area contributed by atoms with E-state index in [1.807, 2.05) is 93.5 Å². The zero-order chi connectivity index (χ0) is 62.9. The Morgan fingerprint density at radius 1 is 0.590 bits per heavy atom. The van der Waals surface area contributed by atoms with Crippen LogP contribution in [0, 0.1) is 29.6 Å². The third kappa shape index (κ3) is 27.5. The van der Waals surface area contributed by atoms with Crippen LogP contribution < -0.4 is 57.3 Å². The summed E-state index contributed by atoms with van der Waals surface area (Å²) in [5, 5.41) is 16.7. The minimum atomic E-state index is -2.85. The molecular formula is C57H94FN13O11Pb. The quantitative estimate of drug-likeness (QED) is 0.0115. The number of aromatic amines is 1. The van der Waals surface area contributed by atoms with Crippen molar-refractivity contribution in [2.75, 3.05) is 13.1 Å². The van der Waals surface area contributed by atoms with Gasteiger partial charge in [-0.05, 0) is 69.4 Å². The number of nitrogens with one attached hydrogen (secondary N) is 10. The molecule has 83 heavy (non-hydrogen) atoms. The van der Waals surface area contributed by atoms with Crippen molar-refractivity contribution in [3.8, 4) is 0 Å². The summed E-state index contributed by atoms with van der Waals surface area (Å²) in [6.07, 6.45) is 1.89. The number of para-hydroxylation sites is 1. The zero-order valence-corrected chi connectivity index (χ0v) is 54.8. The molecule has 0 fully saturated rings. The number of ketones is 4. The Bertz CT molecular complexity index is 2530. The molecular weight excluding hydrogens is 1270 g/mol. The minimum absolute atomic E-state index is 0.0674. The number of ether oxygens (including phenoxy) is 1. The number of benzene rings is 1. The van der Waals surface area contributed by atoms with E-state index in [9.17, 15) is 50.5 Å². The molecule has 0 saturated heterocycles. The Balaban J connectivity index is 2.26. The number of hydrogen-bond donors (Lipinski definition) is 12. The molecule has 1 heterocycles. The first-order chi connectivity index (χ1) is 38.7. The summed E-state index contributed by atoms with van der Waals surface area (Å²) in [6, 6.07) is -2.05. The molecule has 0 spiro atoms. The van der Waals surface area contributed by atoms with Gasteiger partial charge in [0.25, 0.3) is 0 Å². The van der Waals surface area contributed by atoms with Crippen LogP contribution in [0.2, 0.25) is 0 Å². The van der Waals surface area contributed by atoms with Gasteiger partial charge in [-0.3, -0.25) is 28.8 Å². The molecule has 2 rings (SSSR count). The van der Waals surface area contributed by atoms with E-state index in [0.717, 1.165) is 10.9 Å². The van der Waals surface area contributed by atoms with Gasteiger partial charge in [0.1, 0.15) is 29.8 Å². The van der Waals surface area contributed by atoms with Gasteiger partial charge >= 0.3 is 216 Å². The first-order valence-electron chi connectivity index (χ1n) is 28.6. The summed E-state index contributed by atoms with van der Waals surface area (Å²) in [5.74, 6) is -7.91. The third-order valence-corrected chi connectivity index (χ3v) is 14.6. The molecule has 464 valence electrons. The Labute approximate surface area is 501 Å². The summed E-state index contributed by atoms with van der Waals surface area (Å²) in [5.41, 5.74) is 17.1. The van der Waals surface area contributed by atoms with Crippen LogP contribution in [0.5, 0.6) is 0 Å². The van der Waals surface area contributed by atoms with Crippen molar-refractivity contribution in [1.29, 1.82) is 0 Å². The number of hydrogen-bond acceptors (Lipinski definition) is 15. The number of carbonyl (C=O) groups excluding carboxylic acids is 10. The molecule has 14 N–H and O–H groups in total. The average molecular weight is 1360 g/mol. The summed E-state index contributed by atoms with van der Waals surface area (Å²) in [7, 11) is 0. The molecule has 26 heteroatoms. The van der Waals surface area contributed by atoms with Gasteiger partial charge in [-0.2, -0.15) is 0 Å². The Kier molecular flexibility index (Phi) is 31.8. The van der Waals surface area contributed by atoms with Crippen molar-refractivity contribution in [3.63, 3.8) is 0 Å². The zero-order valence-electron chi connectivity index (χ0n) is 50.9. The summed E-state index contributed by atoms with van der Waals surface area (Å²) < 4.78 is 21.7. The second kappa shape index (κ2) is 36.0. The standard InChI is InChI=1S/C57H94N13O11.FH.Pb/c1-30(2)22-41(49(74)47(72)38(58)19-17-21-61-55(59)60)69-70-45(26-34(9)10)54(79)64-35(11)50(75)65-43(24-32(5)6)52(77)67-44(25-33(7)8)53(78)66-42(23-31(3)4)51(76)63-29-46(71)48(73)40(68-56(80)81-57(12,13)14)27-36-28-62-39-20-16-15-18-37(36)39;;/h15-16,18,20,28,30-35,38,40-45,58,62,69-70H,17,19,21-27,29H2,1-14H3,(H,63,76)(H,64,79)(H,65,75)(H,66,78)(H,67,77)(H,68,80)(H4,59,60,61);1H;/q-1;;+2/p-1/t35-,38-,40-,41-,42-,43-,44-,45-;;/m0../s1. The third-order valence-electron chi connectivity index (χ3n) is 12.8. The number of aromatic nitrogens is 1. The predicted molar refractivity (Wildman–Crippen MR) is 316 cm³/mol. The number of nitrogens with two attached hydrogens (primary N) is 2. The van der Waals surface area contributed by atoms with Crippen molar-refractivity contribution < 1.29 is 55.2 Å². The van der Waals surface area contributed by atoms with Crippen molar-refractivity contribution in [2.24, 2.45) is 46.0 Å². The fourth-order valence-electron chi connectivity index (χ4n) is 8.87. The molecule has 0 aliphatic rings. The number of rotatable bonds is 38. The van der Waals surface area contributed by atoms with E-state index in [-0.39, 0.29) is 87.0 Å². The Morgan fingerprint density at radius 2 is 1.06 bits per heavy atom. The second-order valence-electron chi connectivity index (χ2n) is 24.2. The number of halogens is 1. The molecule has 1 aromatic carbocycles. The van der Waals surface area contributed by atoms with Gasteiger partial charge in [-0.15, -0.1) is 0 Å². The van der Waals surface area contributed by atoms with Crippen molar-refractivity contribution >= 4 is 101 Å². The fourth-order valence-corrected chi connectivity index (χ4v) is 10.5. The van der Waals surface area contributed by atoms with Crippen molar-refractivity contribution in [2.45, 2.75) is 202 Å². The van der Waals surface area contributed by atoms with Gasteiger partial charge < -0.3 is 36.3 Å². The van der Waals surface area contributed by atoms with E-state index in [2.05, 4.69) is 55.9 Å². The first-order valence-corrected chi connectivity index (χ1v) is 32.0. The molecule has 0 bridgehead atoms. The SMILES string of the molecule is CC(C)C[C@H](NN[C@@H](CC(C)C)C(=O)C(=O)[C@H](CCCN=C(N)N)[NH][Pb][F])C(=O)N[C@@H](C)C(=O)N[C@@H](CC(C)C)C(=O)N[C@@H](CC(C)C)C(=O)N[C@@H](CC(C)C)C(=O)NCC(=O)C(=O)[C@H](Cc1c[nH]c2ccccc12)NC(=O)OC(C)(C)C. The van der Waals surface area contributed by atoms with E-state index in [4.69, 9.17) is 16.2 Å². The number of fused-ring (bicyclic) bond motifs is 1. The minimum Gasteiger partial charge on any atom is -0.444 e. The number of carbonyl (C=O) groups is 10. The van der Waals surface area contributed by atoms with E-state index in [1.165, 1.54) is 6.92 Å². The summed E-state index contributed by atoms with van der Waals surface area (Å²) in [4.78, 5) is 144. The van der Waals surface area contributed by atoms with Crippen LogP contribution in [0.1, 0.15) is 147 Å². The van der Waals surface area contributed by atoms with E-state index in [0.29, 0.717) is 12.0 Å². The first kappa shape index (κ1) is 73.2. The number of Topliss-reactive ketones (excluding diaryl/α,β-unsaturated/α-hetero) is 4. The van der Waals surface area contributed by atoms with Gasteiger partial charge in [-0.25, -0.2) is 4.79 Å². The van der Waals surface area contributed by atoms with Gasteiger partial charge in [-0.1, -0.05) is 59.7 Å². The van der Waals surface area contributed by atoms with E-state index >= 15 is 0 Å². The topological polar surface area (TPSA) is 368 Å². The predicted octanol–water partition coefficient (Wildman–Crippen LogP) is 2.53. The average Bonchev–Trinajstić information content (AvgIpc) is 4.07. The van der Waals surface area contributed by atoms with Crippen LogP contribution in [0.4, 0.5) is 7.31 Å². The van der Waals surface area contributed by atoms with Crippen LogP contribution in [0.3, 0.4) is 0 Å². The number of guanidine groups is 1. The van der Waals surface area contributed by atoms with Crippen molar-refractivity contribution in [1.82, 2.24) is 50.9 Å². The Morgan fingerprint density at radius 3 is 1.58 bits per heavy atom. The fraction of sp³-hybridized carbons (Fsp3) is 0.667. The molecule has 2 aromatic rings. The molecule has 0 saturated carbocycles. The molecule has 24 nitrogen and oxygen atoms in total. The number of H-pyrrole nitrogens is 1. The van der Waals surface area contributed by atoms with Crippen LogP contribution in [0.25, 0.3) is 10.9 Å². The van der Waals surface area contributed by atoms with Gasteiger partial charge in [0.2, 0.25) is 29.3 Å². The van der Waals surface area contributed by atoms with Gasteiger partial charge in [0, 0.05) is 23.5 Å². The van der Waals surface area contributed by atoms with Crippen LogP contribution >= 0.6 is 0 Å². The van der Waals surface area contributed by atoms with Gasteiger partial charge in [0.05, 0.1) is 6.54 Å². The van der Waals surface area contributed by atoms with E-state index in [1.54, 1.807) is 27.0 Å². The second-order valence-corrected chi connectivity index (χ2v) is 26.0. The number of hydrazine groups is 1. The molecule has 2 radical (unpaired) electrons. The normalized spacial score (nSPS) is 14.7.